The molecule has 0 aliphatic heterocycles. The van der Waals surface area contributed by atoms with Crippen LogP contribution in [0.1, 0.15) is 19.3 Å². The highest BCUT2D eigenvalue weighted by Gasteiger charge is 2.53. The Morgan fingerprint density at radius 2 is 2.17 bits per heavy atom. The zero-order chi connectivity index (χ0) is 24.6. The van der Waals surface area contributed by atoms with Crippen LogP contribution in [0.15, 0.2) is 48.8 Å². The second kappa shape index (κ2) is 9.30. The van der Waals surface area contributed by atoms with Crippen LogP contribution in [0.2, 0.25) is 0 Å². The molecule has 2 heterocycles. The Morgan fingerprint density at radius 1 is 1.31 bits per heavy atom. The highest BCUT2D eigenvalue weighted by molar-refractivity contribution is 5.85. The van der Waals surface area contributed by atoms with Crippen LogP contribution >= 0.6 is 0 Å². The highest BCUT2D eigenvalue weighted by atomic mass is 19.1. The Hall–Kier alpha value is -3.46. The van der Waals surface area contributed by atoms with E-state index >= 15 is 0 Å². The van der Waals surface area contributed by atoms with Crippen molar-refractivity contribution in [3.05, 3.63) is 54.6 Å². The highest BCUT2D eigenvalue weighted by Crippen LogP contribution is 2.50. The predicted octanol–water partition coefficient (Wildman–Crippen LogP) is 3.76. The third kappa shape index (κ3) is 4.36. The lowest BCUT2D eigenvalue weighted by atomic mass is 9.74. The van der Waals surface area contributed by atoms with Crippen LogP contribution < -0.4 is 16.0 Å². The third-order valence-corrected chi connectivity index (χ3v) is 7.34. The van der Waals surface area contributed by atoms with Crippen molar-refractivity contribution in [3.8, 4) is 0 Å². The van der Waals surface area contributed by atoms with E-state index in [1.165, 1.54) is 6.20 Å². The maximum absolute atomic E-state index is 14.7. The normalized spacial score (nSPS) is 23.1. The molecule has 3 N–H and O–H groups in total. The van der Waals surface area contributed by atoms with Crippen LogP contribution in [0.25, 0.3) is 10.9 Å². The number of fused-ring (bicyclic) bond motifs is 3. The van der Waals surface area contributed by atoms with Crippen LogP contribution in [0, 0.1) is 17.2 Å². The van der Waals surface area contributed by atoms with E-state index in [0.717, 1.165) is 42.5 Å². The summed E-state index contributed by atoms with van der Waals surface area (Å²) in [5, 5.41) is 10.4. The SMILES string of the molecule is CNC(=O)C12CC=CC(CC1)C2Nc1nc(Nc2ccc3c(ccn3CCN(C)C)c2)ncc1F. The van der Waals surface area contributed by atoms with Gasteiger partial charge in [0.1, 0.15) is 0 Å². The number of rotatable bonds is 8. The zero-order valence-corrected chi connectivity index (χ0v) is 20.4. The summed E-state index contributed by atoms with van der Waals surface area (Å²) >= 11 is 0. The van der Waals surface area contributed by atoms with Crippen molar-refractivity contribution in [1.82, 2.24) is 24.8 Å². The molecule has 2 aliphatic rings. The Kier molecular flexibility index (Phi) is 6.19. The van der Waals surface area contributed by atoms with Gasteiger partial charge in [-0.3, -0.25) is 4.79 Å². The number of amides is 1. The molecule has 0 saturated heterocycles. The maximum atomic E-state index is 14.7. The molecule has 2 bridgehead atoms. The molecule has 1 saturated carbocycles. The van der Waals surface area contributed by atoms with Crippen molar-refractivity contribution in [1.29, 1.82) is 0 Å². The third-order valence-electron chi connectivity index (χ3n) is 7.34. The summed E-state index contributed by atoms with van der Waals surface area (Å²) in [6.45, 7) is 1.87. The number of carbonyl (C=O) groups is 1. The van der Waals surface area contributed by atoms with E-state index in [0.29, 0.717) is 12.4 Å². The number of anilines is 3. The minimum absolute atomic E-state index is 0.0134. The fraction of sp³-hybridized carbons (Fsp3) is 0.423. The monoisotopic (exact) mass is 477 g/mol. The van der Waals surface area contributed by atoms with E-state index in [-0.39, 0.29) is 23.7 Å². The maximum Gasteiger partial charge on any atom is 0.229 e. The topological polar surface area (TPSA) is 87.1 Å². The molecule has 0 spiro atoms. The fourth-order valence-electron chi connectivity index (χ4n) is 5.47. The molecule has 184 valence electrons. The van der Waals surface area contributed by atoms with Crippen molar-refractivity contribution in [2.24, 2.45) is 11.3 Å². The number of nitrogens with zero attached hydrogens (tertiary/aromatic N) is 4. The summed E-state index contributed by atoms with van der Waals surface area (Å²) in [6, 6.07) is 7.94. The Labute approximate surface area is 204 Å². The van der Waals surface area contributed by atoms with Crippen molar-refractivity contribution in [2.75, 3.05) is 38.3 Å². The Morgan fingerprint density at radius 3 is 2.97 bits per heavy atom. The van der Waals surface area contributed by atoms with E-state index in [2.05, 4.69) is 80.0 Å². The smallest absolute Gasteiger partial charge is 0.229 e. The summed E-state index contributed by atoms with van der Waals surface area (Å²) in [5.74, 6) is 0.0168. The fourth-order valence-corrected chi connectivity index (χ4v) is 5.47. The molecule has 1 aromatic carbocycles. The molecule has 2 aliphatic carbocycles. The average molecular weight is 478 g/mol. The second-order valence-corrected chi connectivity index (χ2v) is 9.79. The quantitative estimate of drug-likeness (QED) is 0.429. The molecule has 3 unspecified atom stereocenters. The number of halogens is 1. The first kappa shape index (κ1) is 23.3. The molecule has 1 amide bonds. The molecular formula is C26H32FN7O. The van der Waals surface area contributed by atoms with Gasteiger partial charge in [-0.25, -0.2) is 9.37 Å². The van der Waals surface area contributed by atoms with Gasteiger partial charge in [-0.2, -0.15) is 4.98 Å². The van der Waals surface area contributed by atoms with Crippen molar-refractivity contribution in [2.45, 2.75) is 31.8 Å². The molecule has 5 rings (SSSR count). The molecular weight excluding hydrogens is 445 g/mol. The Bertz CT molecular complexity index is 1270. The summed E-state index contributed by atoms with van der Waals surface area (Å²) in [5.41, 5.74) is 1.38. The van der Waals surface area contributed by atoms with Gasteiger partial charge in [0.2, 0.25) is 11.9 Å². The first-order valence-electron chi connectivity index (χ1n) is 12.1. The molecule has 35 heavy (non-hydrogen) atoms. The van der Waals surface area contributed by atoms with Gasteiger partial charge in [-0.1, -0.05) is 12.2 Å². The van der Waals surface area contributed by atoms with Gasteiger partial charge in [0.05, 0.1) is 11.6 Å². The average Bonchev–Trinajstić information content (AvgIpc) is 3.33. The molecule has 1 fully saturated rings. The molecule has 9 heteroatoms. The van der Waals surface area contributed by atoms with Gasteiger partial charge in [0.15, 0.2) is 11.6 Å². The zero-order valence-electron chi connectivity index (χ0n) is 20.4. The molecule has 2 aromatic heterocycles. The van der Waals surface area contributed by atoms with Gasteiger partial charge in [0, 0.05) is 49.0 Å². The number of hydrogen-bond donors (Lipinski definition) is 3. The number of aromatic nitrogens is 3. The van der Waals surface area contributed by atoms with E-state index in [1.54, 1.807) is 7.05 Å². The number of allylic oxidation sites excluding steroid dienone is 1. The van der Waals surface area contributed by atoms with Gasteiger partial charge in [-0.15, -0.1) is 0 Å². The second-order valence-electron chi connectivity index (χ2n) is 9.79. The molecule has 8 nitrogen and oxygen atoms in total. The minimum Gasteiger partial charge on any atom is -0.363 e. The van der Waals surface area contributed by atoms with E-state index in [9.17, 15) is 9.18 Å². The standard InChI is InChI=1S/C26H32FN7O/c1-28-24(35)26-10-4-5-17(8-11-26)22(26)31-23-20(27)16-29-25(32-23)30-19-6-7-21-18(15-19)9-12-34(21)14-13-33(2)3/h4-7,9,12,15-17,22H,8,10-11,13-14H2,1-3H3,(H,28,35)(H2,29,30,31,32). The summed E-state index contributed by atoms with van der Waals surface area (Å²) < 4.78 is 17.0. The lowest BCUT2D eigenvalue weighted by molar-refractivity contribution is -0.130. The van der Waals surface area contributed by atoms with Crippen molar-refractivity contribution >= 4 is 34.3 Å². The van der Waals surface area contributed by atoms with Crippen LogP contribution in [-0.2, 0) is 11.3 Å². The van der Waals surface area contributed by atoms with E-state index in [4.69, 9.17) is 0 Å². The van der Waals surface area contributed by atoms with Crippen LogP contribution in [0.5, 0.6) is 0 Å². The number of benzene rings is 1. The van der Waals surface area contributed by atoms with Crippen LogP contribution in [-0.4, -0.2) is 59.1 Å². The van der Waals surface area contributed by atoms with Crippen molar-refractivity contribution < 1.29 is 9.18 Å². The lowest BCUT2D eigenvalue weighted by Gasteiger charge is -2.37. The van der Waals surface area contributed by atoms with Gasteiger partial charge >= 0.3 is 0 Å². The molecule has 3 atom stereocenters. The number of carbonyl (C=O) groups excluding carboxylic acids is 1. The summed E-state index contributed by atoms with van der Waals surface area (Å²) in [4.78, 5) is 23.5. The first-order chi connectivity index (χ1) is 16.9. The van der Waals surface area contributed by atoms with Gasteiger partial charge in [-0.05, 0) is 63.5 Å². The molecule has 3 aromatic rings. The van der Waals surface area contributed by atoms with E-state index in [1.807, 2.05) is 12.1 Å². The summed E-state index contributed by atoms with van der Waals surface area (Å²) in [7, 11) is 5.78. The van der Waals surface area contributed by atoms with E-state index < -0.39 is 11.2 Å². The van der Waals surface area contributed by atoms with Crippen LogP contribution in [0.4, 0.5) is 21.8 Å². The Balaban J connectivity index is 1.36. The van der Waals surface area contributed by atoms with Gasteiger partial charge < -0.3 is 25.4 Å². The largest absolute Gasteiger partial charge is 0.363 e. The number of likely N-dealkylation sites (N-methyl/N-ethyl adjacent to an activating group) is 1. The van der Waals surface area contributed by atoms with Crippen molar-refractivity contribution in [3.63, 3.8) is 0 Å². The predicted molar refractivity (Wildman–Crippen MR) is 136 cm³/mol. The lowest BCUT2D eigenvalue weighted by Crippen LogP contribution is -2.50. The number of hydrogen-bond acceptors (Lipinski definition) is 6. The number of nitrogens with one attached hydrogen (secondary N) is 3. The van der Waals surface area contributed by atoms with Gasteiger partial charge in [0.25, 0.3) is 0 Å². The minimum atomic E-state index is -0.593. The van der Waals surface area contributed by atoms with Crippen LogP contribution in [0.3, 0.4) is 0 Å². The first-order valence-corrected chi connectivity index (χ1v) is 12.1. The summed E-state index contributed by atoms with van der Waals surface area (Å²) in [6.07, 6.45) is 9.72. The molecule has 0 radical (unpaired) electrons.